The fourth-order valence-corrected chi connectivity index (χ4v) is 3.67. The van der Waals surface area contributed by atoms with Gasteiger partial charge in [0.05, 0.1) is 6.61 Å². The molecular weight excluding hydrogens is 306 g/mol. The van der Waals surface area contributed by atoms with Crippen molar-refractivity contribution in [3.8, 4) is 11.1 Å². The van der Waals surface area contributed by atoms with Crippen molar-refractivity contribution in [3.05, 3.63) is 59.7 Å². The fourth-order valence-electron chi connectivity index (χ4n) is 3.67. The third kappa shape index (κ3) is 4.71. The van der Waals surface area contributed by atoms with Crippen LogP contribution in [0.4, 0.5) is 0 Å². The van der Waals surface area contributed by atoms with Crippen molar-refractivity contribution in [1.82, 2.24) is 4.90 Å². The van der Waals surface area contributed by atoms with Crippen molar-refractivity contribution < 1.29 is 4.74 Å². The van der Waals surface area contributed by atoms with Gasteiger partial charge in [0.1, 0.15) is 0 Å². The van der Waals surface area contributed by atoms with Gasteiger partial charge in [-0.2, -0.15) is 0 Å². The van der Waals surface area contributed by atoms with Gasteiger partial charge in [-0.25, -0.2) is 0 Å². The molecule has 2 aromatic rings. The van der Waals surface area contributed by atoms with E-state index in [1.807, 2.05) is 0 Å². The predicted octanol–water partition coefficient (Wildman–Crippen LogP) is 5.51. The molecule has 134 valence electrons. The molecular formula is C23H31NO. The number of hydrogen-bond donors (Lipinski definition) is 0. The minimum absolute atomic E-state index is 0.563. The molecule has 1 saturated heterocycles. The van der Waals surface area contributed by atoms with Crippen molar-refractivity contribution >= 4 is 0 Å². The Morgan fingerprint density at radius 1 is 0.960 bits per heavy atom. The summed E-state index contributed by atoms with van der Waals surface area (Å²) in [6.07, 6.45) is 3.96. The molecule has 2 heteroatoms. The predicted molar refractivity (Wildman–Crippen MR) is 106 cm³/mol. The molecule has 0 spiro atoms. The molecule has 1 heterocycles. The van der Waals surface area contributed by atoms with Crippen LogP contribution in [0, 0.1) is 5.41 Å². The Morgan fingerprint density at radius 2 is 1.68 bits per heavy atom. The Hall–Kier alpha value is -1.64. The topological polar surface area (TPSA) is 12.5 Å². The van der Waals surface area contributed by atoms with Gasteiger partial charge < -0.3 is 4.74 Å². The zero-order valence-electron chi connectivity index (χ0n) is 15.9. The molecule has 0 unspecified atom stereocenters. The third-order valence-corrected chi connectivity index (χ3v) is 5.85. The fraction of sp³-hybridized carbons (Fsp3) is 0.478. The van der Waals surface area contributed by atoms with Gasteiger partial charge in [0, 0.05) is 13.7 Å². The summed E-state index contributed by atoms with van der Waals surface area (Å²) in [5.74, 6) is 0. The largest absolute Gasteiger partial charge is 0.380 e. The summed E-state index contributed by atoms with van der Waals surface area (Å²) >= 11 is 0. The molecule has 2 aromatic carbocycles. The first-order valence-electron chi connectivity index (χ1n) is 9.51. The van der Waals surface area contributed by atoms with Gasteiger partial charge in [0.25, 0.3) is 0 Å². The van der Waals surface area contributed by atoms with Crippen LogP contribution in [0.25, 0.3) is 11.1 Å². The third-order valence-electron chi connectivity index (χ3n) is 5.85. The maximum atomic E-state index is 5.24. The highest BCUT2D eigenvalue weighted by Gasteiger charge is 2.27. The van der Waals surface area contributed by atoms with Crippen LogP contribution in [0.1, 0.15) is 44.2 Å². The first-order chi connectivity index (χ1) is 12.1. The van der Waals surface area contributed by atoms with Crippen molar-refractivity contribution in [2.45, 2.75) is 46.3 Å². The summed E-state index contributed by atoms with van der Waals surface area (Å²) in [7, 11) is 1.74. The molecule has 0 atom stereocenters. The van der Waals surface area contributed by atoms with E-state index in [9.17, 15) is 0 Å². The van der Waals surface area contributed by atoms with Gasteiger partial charge in [0.15, 0.2) is 0 Å². The van der Waals surface area contributed by atoms with Crippen LogP contribution >= 0.6 is 0 Å². The lowest BCUT2D eigenvalue weighted by atomic mass is 9.78. The summed E-state index contributed by atoms with van der Waals surface area (Å²) in [4.78, 5) is 2.60. The van der Waals surface area contributed by atoms with Gasteiger partial charge in [-0.05, 0) is 59.7 Å². The quantitative estimate of drug-likeness (QED) is 0.689. The van der Waals surface area contributed by atoms with Gasteiger partial charge in [0.2, 0.25) is 0 Å². The highest BCUT2D eigenvalue weighted by atomic mass is 16.5. The van der Waals surface area contributed by atoms with Crippen molar-refractivity contribution in [2.75, 3.05) is 20.2 Å². The lowest BCUT2D eigenvalue weighted by molar-refractivity contribution is 0.109. The first-order valence-corrected chi connectivity index (χ1v) is 9.51. The molecule has 0 saturated carbocycles. The summed E-state index contributed by atoms with van der Waals surface area (Å²) in [6.45, 7) is 8.96. The Balaban J connectivity index is 1.62. The average Bonchev–Trinajstić information content (AvgIpc) is 2.65. The van der Waals surface area contributed by atoms with E-state index < -0.39 is 0 Å². The second kappa shape index (κ2) is 8.16. The standard InChI is InChI=1S/C23H31NO/c1-4-23(2)12-14-24(15-13-23)17-19-8-10-21(11-9-19)22-7-5-6-20(16-22)18-25-3/h5-11,16H,4,12-15,17-18H2,1-3H3. The number of benzene rings is 2. The minimum atomic E-state index is 0.563. The van der Waals surface area contributed by atoms with E-state index >= 15 is 0 Å². The Morgan fingerprint density at radius 3 is 2.32 bits per heavy atom. The molecule has 1 aliphatic heterocycles. The lowest BCUT2D eigenvalue weighted by Crippen LogP contribution is -2.37. The number of likely N-dealkylation sites (tertiary alicyclic amines) is 1. The smallest absolute Gasteiger partial charge is 0.0713 e. The van der Waals surface area contributed by atoms with E-state index in [-0.39, 0.29) is 0 Å². The molecule has 0 aliphatic carbocycles. The van der Waals surface area contributed by atoms with Gasteiger partial charge in [-0.15, -0.1) is 0 Å². The van der Waals surface area contributed by atoms with Crippen LogP contribution in [-0.2, 0) is 17.9 Å². The zero-order valence-corrected chi connectivity index (χ0v) is 15.9. The second-order valence-corrected chi connectivity index (χ2v) is 7.77. The van der Waals surface area contributed by atoms with Crippen LogP contribution in [-0.4, -0.2) is 25.1 Å². The number of ether oxygens (including phenoxy) is 1. The Bertz CT molecular complexity index is 669. The van der Waals surface area contributed by atoms with E-state index in [4.69, 9.17) is 4.74 Å². The molecule has 0 bridgehead atoms. The summed E-state index contributed by atoms with van der Waals surface area (Å²) < 4.78 is 5.24. The molecule has 0 aromatic heterocycles. The molecule has 1 fully saturated rings. The number of methoxy groups -OCH3 is 1. The Labute approximate surface area is 152 Å². The SMILES string of the molecule is CCC1(C)CCN(Cc2ccc(-c3cccc(COC)c3)cc2)CC1. The second-order valence-electron chi connectivity index (χ2n) is 7.77. The van der Waals surface area contributed by atoms with Crippen LogP contribution in [0.5, 0.6) is 0 Å². The van der Waals surface area contributed by atoms with Gasteiger partial charge in [-0.1, -0.05) is 62.7 Å². The van der Waals surface area contributed by atoms with Crippen molar-refractivity contribution in [2.24, 2.45) is 5.41 Å². The van der Waals surface area contributed by atoms with E-state index in [1.165, 1.54) is 54.6 Å². The van der Waals surface area contributed by atoms with Crippen molar-refractivity contribution in [1.29, 1.82) is 0 Å². The van der Waals surface area contributed by atoms with Crippen LogP contribution in [0.3, 0.4) is 0 Å². The number of rotatable bonds is 6. The molecule has 25 heavy (non-hydrogen) atoms. The minimum Gasteiger partial charge on any atom is -0.380 e. The van der Waals surface area contributed by atoms with E-state index in [0.29, 0.717) is 12.0 Å². The summed E-state index contributed by atoms with van der Waals surface area (Å²) in [5.41, 5.74) is 5.73. The molecule has 0 amide bonds. The molecule has 2 nitrogen and oxygen atoms in total. The molecule has 0 N–H and O–H groups in total. The van der Waals surface area contributed by atoms with Gasteiger partial charge in [-0.3, -0.25) is 4.90 Å². The summed E-state index contributed by atoms with van der Waals surface area (Å²) in [6, 6.07) is 17.7. The normalized spacial score (nSPS) is 17.6. The maximum absolute atomic E-state index is 5.24. The van der Waals surface area contributed by atoms with Crippen LogP contribution < -0.4 is 0 Å². The van der Waals surface area contributed by atoms with Crippen molar-refractivity contribution in [3.63, 3.8) is 0 Å². The summed E-state index contributed by atoms with van der Waals surface area (Å²) in [5, 5.41) is 0. The van der Waals surface area contributed by atoms with E-state index in [1.54, 1.807) is 7.11 Å². The highest BCUT2D eigenvalue weighted by molar-refractivity contribution is 5.64. The van der Waals surface area contributed by atoms with E-state index in [2.05, 4.69) is 67.3 Å². The lowest BCUT2D eigenvalue weighted by Gasteiger charge is -2.39. The first kappa shape index (κ1) is 18.2. The molecule has 0 radical (unpaired) electrons. The number of nitrogens with zero attached hydrogens (tertiary/aromatic N) is 1. The zero-order chi connectivity index (χ0) is 17.7. The van der Waals surface area contributed by atoms with Crippen LogP contribution in [0.15, 0.2) is 48.5 Å². The van der Waals surface area contributed by atoms with Gasteiger partial charge >= 0.3 is 0 Å². The Kier molecular flexibility index (Phi) is 5.93. The van der Waals surface area contributed by atoms with Crippen LogP contribution in [0.2, 0.25) is 0 Å². The van der Waals surface area contributed by atoms with E-state index in [0.717, 1.165) is 6.54 Å². The highest BCUT2D eigenvalue weighted by Crippen LogP contribution is 2.34. The average molecular weight is 338 g/mol. The molecule has 1 aliphatic rings. The monoisotopic (exact) mass is 337 g/mol. The number of hydrogen-bond acceptors (Lipinski definition) is 2. The molecule has 3 rings (SSSR count). The maximum Gasteiger partial charge on any atom is 0.0713 e. The number of piperidine rings is 1.